The number of fused-ring (bicyclic) bond motifs is 1. The summed E-state index contributed by atoms with van der Waals surface area (Å²) in [6.07, 6.45) is 10.0. The molecule has 4 rings (SSSR count). The van der Waals surface area contributed by atoms with Crippen LogP contribution in [0.5, 0.6) is 0 Å². The van der Waals surface area contributed by atoms with Gasteiger partial charge in [-0.15, -0.1) is 60.9 Å². The van der Waals surface area contributed by atoms with Crippen molar-refractivity contribution in [2.75, 3.05) is 0 Å². The molecule has 1 aliphatic carbocycles. The molecule has 0 aromatic heterocycles. The summed E-state index contributed by atoms with van der Waals surface area (Å²) < 4.78 is 0. The Morgan fingerprint density at radius 2 is 1.74 bits per heavy atom. The van der Waals surface area contributed by atoms with Crippen LogP contribution < -0.4 is 10.6 Å². The van der Waals surface area contributed by atoms with Gasteiger partial charge in [0.1, 0.15) is 0 Å². The standard InChI is InChI=1S/C16H14P.C5H5.Ti/c1-12-11-13-7-5-6-10-15(13)16(12)17-14-8-3-2-4-9-14;1-2-4-5-3-1;/h2-11,17H,1H3;1-3H,4H2;/q2*-1;+2. The Labute approximate surface area is 155 Å². The zero-order chi connectivity index (χ0) is 15.2. The Morgan fingerprint density at radius 3 is 2.39 bits per heavy atom. The fourth-order valence-corrected chi connectivity index (χ4v) is 3.82. The number of hydrogen-bond acceptors (Lipinski definition) is 0. The first-order valence-corrected chi connectivity index (χ1v) is 8.53. The third-order valence-corrected chi connectivity index (χ3v) is 5.16. The van der Waals surface area contributed by atoms with Gasteiger partial charge in [-0.1, -0.05) is 43.3 Å². The molecule has 0 spiro atoms. The molecule has 0 saturated heterocycles. The van der Waals surface area contributed by atoms with Crippen LogP contribution in [0.15, 0.2) is 78.9 Å². The van der Waals surface area contributed by atoms with Crippen molar-refractivity contribution in [3.05, 3.63) is 90.5 Å². The monoisotopic (exact) mass is 350 g/mol. The van der Waals surface area contributed by atoms with Crippen molar-refractivity contribution in [1.29, 1.82) is 0 Å². The topological polar surface area (TPSA) is 0 Å². The third-order valence-electron chi connectivity index (χ3n) is 3.63. The number of hydrogen-bond donors (Lipinski definition) is 0. The summed E-state index contributed by atoms with van der Waals surface area (Å²) in [6, 6.07) is 21.7. The molecule has 23 heavy (non-hydrogen) atoms. The Hall–Kier alpha value is -1.33. The first kappa shape index (κ1) is 18.0. The van der Waals surface area contributed by atoms with Crippen LogP contribution in [-0.2, 0) is 21.7 Å². The Bertz CT molecular complexity index is 787. The average Bonchev–Trinajstić information content (AvgIpc) is 3.22. The fraction of sp³-hybridized carbons (Fsp3) is 0.0952. The molecule has 0 aliphatic heterocycles. The second-order valence-corrected chi connectivity index (χ2v) is 6.61. The summed E-state index contributed by atoms with van der Waals surface area (Å²) in [7, 11) is 0.754. The van der Waals surface area contributed by atoms with Crippen molar-refractivity contribution in [1.82, 2.24) is 0 Å². The fourth-order valence-electron chi connectivity index (χ4n) is 2.54. The van der Waals surface area contributed by atoms with Crippen molar-refractivity contribution < 1.29 is 21.7 Å². The second-order valence-electron chi connectivity index (χ2n) is 5.28. The van der Waals surface area contributed by atoms with Crippen LogP contribution in [0.4, 0.5) is 0 Å². The van der Waals surface area contributed by atoms with E-state index < -0.39 is 0 Å². The summed E-state index contributed by atoms with van der Waals surface area (Å²) in [5.41, 5.74) is 1.41. The van der Waals surface area contributed by atoms with E-state index in [0.29, 0.717) is 0 Å². The van der Waals surface area contributed by atoms with E-state index in [1.54, 1.807) is 0 Å². The van der Waals surface area contributed by atoms with Gasteiger partial charge in [0.05, 0.1) is 0 Å². The summed E-state index contributed by atoms with van der Waals surface area (Å²) in [4.78, 5) is 0. The van der Waals surface area contributed by atoms with Crippen LogP contribution in [-0.4, -0.2) is 0 Å². The molecule has 0 heterocycles. The van der Waals surface area contributed by atoms with Gasteiger partial charge in [-0.3, -0.25) is 6.08 Å². The molecule has 3 aromatic carbocycles. The van der Waals surface area contributed by atoms with E-state index in [4.69, 9.17) is 0 Å². The Morgan fingerprint density at radius 1 is 1.00 bits per heavy atom. The molecule has 0 fully saturated rings. The second kappa shape index (κ2) is 9.09. The Balaban J connectivity index is 0.000000276. The van der Waals surface area contributed by atoms with Crippen molar-refractivity contribution in [2.45, 2.75) is 13.3 Å². The predicted octanol–water partition coefficient (Wildman–Crippen LogP) is 4.80. The number of rotatable bonds is 2. The molecule has 3 aromatic rings. The minimum atomic E-state index is 0. The van der Waals surface area contributed by atoms with Crippen LogP contribution in [0.3, 0.4) is 0 Å². The number of benzene rings is 2. The molecule has 0 saturated carbocycles. The molecule has 1 unspecified atom stereocenters. The minimum absolute atomic E-state index is 0. The van der Waals surface area contributed by atoms with Crippen molar-refractivity contribution in [3.63, 3.8) is 0 Å². The molecule has 0 radical (unpaired) electrons. The summed E-state index contributed by atoms with van der Waals surface area (Å²) in [5.74, 6) is 0. The summed E-state index contributed by atoms with van der Waals surface area (Å²) in [5, 5.41) is 5.68. The van der Waals surface area contributed by atoms with Crippen LogP contribution in [0.25, 0.3) is 10.8 Å². The molecule has 0 nitrogen and oxygen atoms in total. The summed E-state index contributed by atoms with van der Waals surface area (Å²) in [6.45, 7) is 2.21. The normalized spacial score (nSPS) is 12.4. The van der Waals surface area contributed by atoms with E-state index in [2.05, 4.69) is 79.7 Å². The van der Waals surface area contributed by atoms with Gasteiger partial charge in [0.25, 0.3) is 0 Å². The number of allylic oxidation sites excluding steroid dienone is 4. The van der Waals surface area contributed by atoms with Crippen LogP contribution in [0, 0.1) is 13.0 Å². The summed E-state index contributed by atoms with van der Waals surface area (Å²) >= 11 is 0. The van der Waals surface area contributed by atoms with E-state index in [0.717, 1.165) is 15.0 Å². The maximum absolute atomic E-state index is 2.99. The van der Waals surface area contributed by atoms with Crippen LogP contribution in [0.2, 0.25) is 0 Å². The van der Waals surface area contributed by atoms with Gasteiger partial charge < -0.3 is 0 Å². The van der Waals surface area contributed by atoms with Gasteiger partial charge in [0.15, 0.2) is 0 Å². The van der Waals surface area contributed by atoms with E-state index in [1.807, 2.05) is 12.2 Å². The maximum Gasteiger partial charge on any atom is 2.00 e. The van der Waals surface area contributed by atoms with Gasteiger partial charge in [-0.25, -0.2) is 12.2 Å². The predicted molar refractivity (Wildman–Crippen MR) is 99.9 cm³/mol. The zero-order valence-electron chi connectivity index (χ0n) is 13.2. The molecule has 112 valence electrons. The van der Waals surface area contributed by atoms with Crippen LogP contribution >= 0.6 is 8.58 Å². The third kappa shape index (κ3) is 4.82. The van der Waals surface area contributed by atoms with Gasteiger partial charge in [-0.05, 0) is 5.30 Å². The largest absolute Gasteiger partial charge is 2.00 e. The molecule has 0 N–H and O–H groups in total. The van der Waals surface area contributed by atoms with E-state index in [9.17, 15) is 0 Å². The molecular formula is C21H19PTi. The van der Waals surface area contributed by atoms with Crippen molar-refractivity contribution in [2.24, 2.45) is 0 Å². The molecule has 1 atom stereocenters. The van der Waals surface area contributed by atoms with Gasteiger partial charge in [0.2, 0.25) is 0 Å². The maximum atomic E-state index is 2.99. The first-order valence-electron chi connectivity index (χ1n) is 7.53. The zero-order valence-corrected chi connectivity index (χ0v) is 15.8. The van der Waals surface area contributed by atoms with Crippen molar-refractivity contribution in [3.8, 4) is 0 Å². The quantitative estimate of drug-likeness (QED) is 0.354. The van der Waals surface area contributed by atoms with E-state index in [1.165, 1.54) is 26.9 Å². The van der Waals surface area contributed by atoms with Crippen molar-refractivity contribution >= 4 is 30.0 Å². The van der Waals surface area contributed by atoms with E-state index >= 15 is 0 Å². The molecular weight excluding hydrogens is 331 g/mol. The Kier molecular flexibility index (Phi) is 7.12. The molecule has 1 aliphatic rings. The SMILES string of the molecule is Cc1[cH-]c2ccccc2c1Pc1ccccc1.[C-]1=CC=CC1.[Ti+2]. The van der Waals surface area contributed by atoms with Gasteiger partial charge >= 0.3 is 21.7 Å². The molecule has 0 amide bonds. The van der Waals surface area contributed by atoms with Gasteiger partial charge in [-0.2, -0.15) is 6.08 Å². The average molecular weight is 350 g/mol. The number of aryl methyl sites for hydroxylation is 1. The smallest absolute Gasteiger partial charge is 0.273 e. The van der Waals surface area contributed by atoms with Gasteiger partial charge in [0, 0.05) is 0 Å². The molecule has 0 bridgehead atoms. The first-order chi connectivity index (χ1) is 10.8. The minimum Gasteiger partial charge on any atom is -0.273 e. The van der Waals surface area contributed by atoms with Crippen LogP contribution in [0.1, 0.15) is 12.0 Å². The van der Waals surface area contributed by atoms with E-state index in [-0.39, 0.29) is 21.7 Å². The molecule has 2 heteroatoms.